The lowest BCUT2D eigenvalue weighted by Crippen LogP contribution is -2.23. The minimum absolute atomic E-state index is 0.0693. The molecule has 0 radical (unpaired) electrons. The minimum Gasteiger partial charge on any atom is -0.489 e. The summed E-state index contributed by atoms with van der Waals surface area (Å²) < 4.78 is 12.6. The Morgan fingerprint density at radius 3 is 2.33 bits per heavy atom. The lowest BCUT2D eigenvalue weighted by Gasteiger charge is -2.28. The van der Waals surface area contributed by atoms with E-state index >= 15 is 0 Å². The van der Waals surface area contributed by atoms with E-state index in [1.807, 2.05) is 122 Å². The maximum atomic E-state index is 9.58. The number of hydrogen-bond donors (Lipinski definition) is 1. The quantitative estimate of drug-likeness (QED) is 0.133. The van der Waals surface area contributed by atoms with Crippen LogP contribution < -0.4 is 9.64 Å². The van der Waals surface area contributed by atoms with E-state index in [1.165, 1.54) is 0 Å². The molecule has 4 aromatic rings. The van der Waals surface area contributed by atoms with Crippen LogP contribution >= 0.6 is 11.3 Å². The summed E-state index contributed by atoms with van der Waals surface area (Å²) in [6, 6.07) is 32.2. The maximum Gasteiger partial charge on any atom is 0.236 e. The van der Waals surface area contributed by atoms with Crippen LogP contribution in [0.15, 0.2) is 120 Å². The van der Waals surface area contributed by atoms with Gasteiger partial charge in [0.15, 0.2) is 0 Å². The Bertz CT molecular complexity index is 1890. The Hall–Kier alpha value is -5.34. The number of anilines is 1. The minimum atomic E-state index is -0.904. The first-order valence-electron chi connectivity index (χ1n) is 14.9. The van der Waals surface area contributed by atoms with Crippen LogP contribution in [0.5, 0.6) is 5.75 Å². The van der Waals surface area contributed by atoms with Gasteiger partial charge in [0, 0.05) is 46.2 Å². The van der Waals surface area contributed by atoms with Gasteiger partial charge in [-0.25, -0.2) is 4.85 Å². The van der Waals surface area contributed by atoms with Crippen molar-refractivity contribution >= 4 is 35.3 Å². The van der Waals surface area contributed by atoms with Crippen LogP contribution in [-0.2, 0) is 16.9 Å². The first kappa shape index (κ1) is 32.1. The fourth-order valence-electron chi connectivity index (χ4n) is 5.20. The van der Waals surface area contributed by atoms with Crippen molar-refractivity contribution in [3.8, 4) is 11.8 Å². The average molecular weight is 626 g/mol. The van der Waals surface area contributed by atoms with Crippen molar-refractivity contribution in [1.82, 2.24) is 0 Å². The van der Waals surface area contributed by atoms with E-state index in [-0.39, 0.29) is 6.61 Å². The number of hydrogen-bond acceptors (Lipinski definition) is 6. The van der Waals surface area contributed by atoms with E-state index in [0.29, 0.717) is 30.2 Å². The van der Waals surface area contributed by atoms with Crippen molar-refractivity contribution in [2.45, 2.75) is 26.1 Å². The molecule has 0 saturated carbocycles. The van der Waals surface area contributed by atoms with Crippen LogP contribution in [-0.4, -0.2) is 25.3 Å². The Morgan fingerprint density at radius 1 is 1.00 bits per heavy atom. The Kier molecular flexibility index (Phi) is 10.2. The summed E-state index contributed by atoms with van der Waals surface area (Å²) in [6.45, 7) is 12.6. The molecule has 2 heterocycles. The summed E-state index contributed by atoms with van der Waals surface area (Å²) in [5, 5.41) is 19.0. The smallest absolute Gasteiger partial charge is 0.236 e. The average Bonchev–Trinajstić information content (AvgIpc) is 3.67. The van der Waals surface area contributed by atoms with Crippen LogP contribution in [0.2, 0.25) is 0 Å². The molecular weight excluding hydrogens is 591 g/mol. The third-order valence-corrected chi connectivity index (χ3v) is 8.85. The molecule has 3 aromatic carbocycles. The third kappa shape index (κ3) is 7.14. The van der Waals surface area contributed by atoms with Crippen LogP contribution in [0, 0.1) is 17.9 Å². The Morgan fingerprint density at radius 2 is 1.67 bits per heavy atom. The molecule has 1 atom stereocenters. The van der Waals surface area contributed by atoms with Gasteiger partial charge >= 0.3 is 0 Å². The van der Waals surface area contributed by atoms with Crippen LogP contribution in [0.4, 0.5) is 5.69 Å². The van der Waals surface area contributed by atoms with E-state index in [4.69, 9.17) is 16.0 Å². The van der Waals surface area contributed by atoms with Crippen LogP contribution in [0.1, 0.15) is 40.3 Å². The second kappa shape index (κ2) is 14.6. The SMILES string of the molecule is [C-]#[N+]C1=C(/C=C/c2ccc(/C=C/c3ccc(N(C)CCO)cc3OCc3ccccc3)s2)C(C)(c2ccccc2)O/C1=C(\C)C#N. The zero-order chi connectivity index (χ0) is 32.5. The highest BCUT2D eigenvalue weighted by molar-refractivity contribution is 7.13. The molecular formula is C39H35N3O3S. The highest BCUT2D eigenvalue weighted by Crippen LogP contribution is 2.47. The van der Waals surface area contributed by atoms with E-state index in [2.05, 4.69) is 23.1 Å². The number of aliphatic hydroxyl groups excluding tert-OH is 1. The van der Waals surface area contributed by atoms with Gasteiger partial charge in [0.05, 0.1) is 24.8 Å². The largest absolute Gasteiger partial charge is 0.489 e. The zero-order valence-corrected chi connectivity index (χ0v) is 26.9. The highest BCUT2D eigenvalue weighted by Gasteiger charge is 2.43. The number of thiophene rings is 1. The molecule has 46 heavy (non-hydrogen) atoms. The van der Waals surface area contributed by atoms with E-state index < -0.39 is 5.60 Å². The van der Waals surface area contributed by atoms with Crippen molar-refractivity contribution in [3.63, 3.8) is 0 Å². The van der Waals surface area contributed by atoms with Gasteiger partial charge in [-0.3, -0.25) is 0 Å². The summed E-state index contributed by atoms with van der Waals surface area (Å²) in [6.07, 6.45) is 8.05. The number of ether oxygens (including phenoxy) is 2. The molecule has 0 spiro atoms. The Labute approximate surface area is 274 Å². The number of benzene rings is 3. The summed E-state index contributed by atoms with van der Waals surface area (Å²) in [5.74, 6) is 1.09. The van der Waals surface area contributed by atoms with Gasteiger partial charge in [-0.15, -0.1) is 11.3 Å². The van der Waals surface area contributed by atoms with Crippen molar-refractivity contribution in [2.24, 2.45) is 0 Å². The molecule has 0 bridgehead atoms. The molecule has 230 valence electrons. The normalized spacial score (nSPS) is 17.2. The lowest BCUT2D eigenvalue weighted by molar-refractivity contribution is 0.0750. The second-order valence-electron chi connectivity index (χ2n) is 11.0. The number of rotatable bonds is 11. The van der Waals surface area contributed by atoms with Gasteiger partial charge in [-0.05, 0) is 67.5 Å². The molecule has 0 saturated heterocycles. The molecule has 1 aliphatic heterocycles. The number of likely N-dealkylation sites (N-methyl/N-ethyl adjacent to an activating group) is 1. The van der Waals surface area contributed by atoms with E-state index in [9.17, 15) is 10.4 Å². The monoisotopic (exact) mass is 625 g/mol. The summed E-state index contributed by atoms with van der Waals surface area (Å²) >= 11 is 1.63. The number of aliphatic hydroxyl groups is 1. The van der Waals surface area contributed by atoms with Crippen molar-refractivity contribution in [1.29, 1.82) is 5.26 Å². The first-order chi connectivity index (χ1) is 22.4. The zero-order valence-electron chi connectivity index (χ0n) is 26.1. The molecule has 1 N–H and O–H groups in total. The predicted octanol–water partition coefficient (Wildman–Crippen LogP) is 8.86. The van der Waals surface area contributed by atoms with Gasteiger partial charge in [0.25, 0.3) is 0 Å². The van der Waals surface area contributed by atoms with Crippen molar-refractivity contribution in [3.05, 3.63) is 158 Å². The Balaban J connectivity index is 1.41. The number of allylic oxidation sites excluding steroid dienone is 1. The standard InChI is InChI=1S/C39H35N3O3S/c1-28(26-40)38-37(41-3)35(39(2,45-38)31-13-9-6-10-14-31)22-21-34-20-19-33(46-34)18-16-30-15-17-32(42(4)23-24-43)25-36(30)44-27-29-11-7-5-8-12-29/h5-22,25,43H,23-24,27H2,1-2,4H3/b18-16+,22-21+,38-28+. The molecule has 0 fully saturated rings. The second-order valence-corrected chi connectivity index (χ2v) is 12.1. The molecule has 1 aliphatic rings. The summed E-state index contributed by atoms with van der Waals surface area (Å²) in [5.41, 5.74) is 4.45. The summed E-state index contributed by atoms with van der Waals surface area (Å²) in [7, 11) is 1.95. The molecule has 0 amide bonds. The maximum absolute atomic E-state index is 9.58. The number of nitriles is 1. The van der Waals surface area contributed by atoms with Crippen LogP contribution in [0.25, 0.3) is 23.1 Å². The topological polar surface area (TPSA) is 70.1 Å². The lowest BCUT2D eigenvalue weighted by atomic mass is 9.87. The fraction of sp³-hybridized carbons (Fsp3) is 0.179. The van der Waals surface area contributed by atoms with Crippen molar-refractivity contribution < 1.29 is 14.6 Å². The van der Waals surface area contributed by atoms with Gasteiger partial charge in [0.1, 0.15) is 23.7 Å². The van der Waals surface area contributed by atoms with E-state index in [1.54, 1.807) is 18.3 Å². The molecule has 5 rings (SSSR count). The molecule has 0 aliphatic carbocycles. The fourth-order valence-corrected chi connectivity index (χ4v) is 6.02. The summed E-state index contributed by atoms with van der Waals surface area (Å²) in [4.78, 5) is 7.87. The molecule has 1 aromatic heterocycles. The van der Waals surface area contributed by atoms with Gasteiger partial charge in [-0.1, -0.05) is 66.7 Å². The first-order valence-corrected chi connectivity index (χ1v) is 15.7. The predicted molar refractivity (Wildman–Crippen MR) is 187 cm³/mol. The molecule has 1 unspecified atom stereocenters. The van der Waals surface area contributed by atoms with Gasteiger partial charge in [-0.2, -0.15) is 5.26 Å². The highest BCUT2D eigenvalue weighted by atomic mass is 32.1. The van der Waals surface area contributed by atoms with Crippen LogP contribution in [0.3, 0.4) is 0 Å². The molecule has 7 heteroatoms. The third-order valence-electron chi connectivity index (χ3n) is 7.83. The molecule has 6 nitrogen and oxygen atoms in total. The van der Waals surface area contributed by atoms with E-state index in [0.717, 1.165) is 43.5 Å². The van der Waals surface area contributed by atoms with Gasteiger partial charge in [0.2, 0.25) is 5.70 Å². The van der Waals surface area contributed by atoms with Gasteiger partial charge < -0.3 is 19.5 Å². The van der Waals surface area contributed by atoms with Crippen molar-refractivity contribution in [2.75, 3.05) is 25.1 Å². The number of nitrogens with zero attached hydrogens (tertiary/aromatic N) is 3.